The number of amides is 3. The Hall–Kier alpha value is -6.93. The van der Waals surface area contributed by atoms with Gasteiger partial charge in [-0.1, -0.05) is 0 Å². The van der Waals surface area contributed by atoms with Gasteiger partial charge in [0.25, 0.3) is 11.4 Å². The number of benzene rings is 2. The third kappa shape index (κ3) is 25.2. The molecule has 5 atom stereocenters. The van der Waals surface area contributed by atoms with Crippen molar-refractivity contribution >= 4 is 41.0 Å². The molecule has 1 heterocycles. The molecule has 1 aliphatic rings. The van der Waals surface area contributed by atoms with Crippen molar-refractivity contribution < 1.29 is 86.7 Å². The van der Waals surface area contributed by atoms with E-state index in [-0.39, 0.29) is 113 Å². The molecule has 27 nitrogen and oxygen atoms in total. The van der Waals surface area contributed by atoms with Gasteiger partial charge in [0.05, 0.1) is 82.9 Å². The second-order valence-electron chi connectivity index (χ2n) is 16.0. The Morgan fingerprint density at radius 1 is 0.733 bits per heavy atom. The Morgan fingerprint density at radius 2 is 1.24 bits per heavy atom. The highest BCUT2D eigenvalue weighted by molar-refractivity contribution is 5.78. The maximum absolute atomic E-state index is 12.1. The Bertz CT molecular complexity index is 2160. The number of methoxy groups -OCH3 is 5. The third-order valence-corrected chi connectivity index (χ3v) is 10.5. The quantitative estimate of drug-likeness (QED) is 0.0175. The van der Waals surface area contributed by atoms with Crippen molar-refractivity contribution in [2.24, 2.45) is 5.73 Å². The van der Waals surface area contributed by atoms with Crippen LogP contribution in [-0.4, -0.2) is 175 Å². The number of hydrogen-bond donors (Lipinski definition) is 7. The summed E-state index contributed by atoms with van der Waals surface area (Å²) in [5.74, 6) is 1.52. The average molecular weight is 1070 g/mol. The molecule has 0 aromatic heterocycles. The monoisotopic (exact) mass is 1070 g/mol. The van der Waals surface area contributed by atoms with E-state index in [4.69, 9.17) is 38.9 Å². The molecule has 0 saturated carbocycles. The van der Waals surface area contributed by atoms with Crippen LogP contribution in [0.15, 0.2) is 24.3 Å². The molecule has 1 fully saturated rings. The molecule has 2 aromatic carbocycles. The summed E-state index contributed by atoms with van der Waals surface area (Å²) in [5, 5.41) is 53.7. The Morgan fingerprint density at radius 3 is 1.73 bits per heavy atom. The summed E-state index contributed by atoms with van der Waals surface area (Å²) in [6, 6.07) is 5.52. The van der Waals surface area contributed by atoms with Crippen molar-refractivity contribution in [3.05, 3.63) is 55.6 Å². The van der Waals surface area contributed by atoms with Gasteiger partial charge in [-0.2, -0.15) is 0 Å². The second kappa shape index (κ2) is 37.7. The molecule has 5 unspecified atom stereocenters. The van der Waals surface area contributed by atoms with Gasteiger partial charge in [-0.25, -0.2) is 0 Å². The van der Waals surface area contributed by atoms with Gasteiger partial charge in [-0.05, 0) is 51.7 Å². The topological polar surface area (TPSA) is 369 Å². The zero-order chi connectivity index (χ0) is 56.3. The Kier molecular flexibility index (Phi) is 33.3. The van der Waals surface area contributed by atoms with Crippen LogP contribution in [0.4, 0.5) is 11.4 Å². The molecular weight excluding hydrogens is 995 g/mol. The number of nitrogens with one attached hydrogen (secondary N) is 4. The van der Waals surface area contributed by atoms with Gasteiger partial charge in [0, 0.05) is 70.2 Å². The van der Waals surface area contributed by atoms with Crippen LogP contribution in [0.5, 0.6) is 23.0 Å². The lowest BCUT2D eigenvalue weighted by Gasteiger charge is -2.40. The second-order valence-corrected chi connectivity index (χ2v) is 16.0. The zero-order valence-corrected chi connectivity index (χ0v) is 43.5. The van der Waals surface area contributed by atoms with Gasteiger partial charge in [-0.15, -0.1) is 12.3 Å². The first-order chi connectivity index (χ1) is 35.8. The summed E-state index contributed by atoms with van der Waals surface area (Å²) in [4.78, 5) is 80.1. The van der Waals surface area contributed by atoms with Crippen LogP contribution in [0.2, 0.25) is 0 Å². The van der Waals surface area contributed by atoms with Gasteiger partial charge in [0.15, 0.2) is 23.0 Å². The number of nitro groups is 2. The first-order valence-corrected chi connectivity index (χ1v) is 23.7. The van der Waals surface area contributed by atoms with Crippen LogP contribution in [0.1, 0.15) is 63.5 Å². The molecule has 0 radical (unpaired) electrons. The van der Waals surface area contributed by atoms with Gasteiger partial charge in [0.2, 0.25) is 17.7 Å². The molecule has 27 heteroatoms. The molecule has 0 spiro atoms. The largest absolute Gasteiger partial charge is 0.493 e. The van der Waals surface area contributed by atoms with Gasteiger partial charge < -0.3 is 79.8 Å². The van der Waals surface area contributed by atoms with E-state index in [2.05, 4.69) is 43.1 Å². The first kappa shape index (κ1) is 66.1. The summed E-state index contributed by atoms with van der Waals surface area (Å²) in [7, 11) is 6.73. The van der Waals surface area contributed by atoms with Gasteiger partial charge in [-0.3, -0.25) is 44.2 Å². The highest BCUT2D eigenvalue weighted by Crippen LogP contribution is 2.36. The molecule has 75 heavy (non-hydrogen) atoms. The van der Waals surface area contributed by atoms with E-state index in [1.54, 1.807) is 13.8 Å². The number of aliphatic hydroxyl groups excluding tert-OH is 2. The minimum absolute atomic E-state index is 0.0285. The van der Waals surface area contributed by atoms with Crippen molar-refractivity contribution in [1.29, 1.82) is 0 Å². The lowest BCUT2D eigenvalue weighted by molar-refractivity contribution is -0.385. The lowest BCUT2D eigenvalue weighted by atomic mass is 9.96. The smallest absolute Gasteiger partial charge is 0.319 e. The van der Waals surface area contributed by atoms with Crippen LogP contribution in [0.25, 0.3) is 0 Å². The number of hydrogen-bond acceptors (Lipinski definition) is 22. The Labute approximate surface area is 435 Å². The predicted octanol–water partition coefficient (Wildman–Crippen LogP) is 0.771. The highest BCUT2D eigenvalue weighted by Gasteiger charge is 2.43. The number of rotatable bonds is 32. The van der Waals surface area contributed by atoms with Gasteiger partial charge in [0.1, 0.15) is 31.0 Å². The molecular formula is C48H73N7O20. The number of aliphatic hydroxyl groups is 2. The first-order valence-electron chi connectivity index (χ1n) is 23.7. The van der Waals surface area contributed by atoms with Crippen molar-refractivity contribution in [2.75, 3.05) is 94.7 Å². The maximum atomic E-state index is 12.1. The number of carbonyl (C=O) groups is 5. The van der Waals surface area contributed by atoms with E-state index in [1.165, 1.54) is 59.8 Å². The number of nitro benzene ring substituents is 2. The fourth-order valence-corrected chi connectivity index (χ4v) is 6.80. The maximum Gasteiger partial charge on any atom is 0.319 e. The molecule has 3 rings (SSSR count). The zero-order valence-electron chi connectivity index (χ0n) is 43.5. The summed E-state index contributed by atoms with van der Waals surface area (Å²) < 4.78 is 47.1. The fourth-order valence-electron chi connectivity index (χ4n) is 6.80. The number of nitrogens with zero attached hydrogens (tertiary/aromatic N) is 2. The van der Waals surface area contributed by atoms with E-state index < -0.39 is 58.2 Å². The van der Waals surface area contributed by atoms with E-state index in [9.17, 15) is 54.4 Å². The summed E-state index contributed by atoms with van der Waals surface area (Å²) in [6.07, 6.45) is 2.15. The van der Waals surface area contributed by atoms with Crippen LogP contribution >= 0.6 is 0 Å². The number of aryl methyl sites for hydroxylation is 1. The van der Waals surface area contributed by atoms with Crippen LogP contribution < -0.4 is 45.9 Å². The lowest BCUT2D eigenvalue weighted by Crippen LogP contribution is -2.58. The molecule has 1 aliphatic heterocycles. The molecule has 0 aliphatic carbocycles. The summed E-state index contributed by atoms with van der Waals surface area (Å²) in [6.45, 7) is 4.36. The summed E-state index contributed by atoms with van der Waals surface area (Å²) >= 11 is 0. The fraction of sp³-hybridized carbons (Fsp3) is 0.604. The molecule has 1 saturated heterocycles. The molecule has 420 valence electrons. The number of carbonyl (C=O) groups excluding carboxylic acids is 5. The van der Waals surface area contributed by atoms with E-state index >= 15 is 0 Å². The highest BCUT2D eigenvalue weighted by atomic mass is 16.6. The normalized spacial score (nSPS) is 16.4. The van der Waals surface area contributed by atoms with E-state index in [0.29, 0.717) is 55.0 Å². The number of ether oxygens (including phenoxy) is 9. The van der Waals surface area contributed by atoms with Crippen molar-refractivity contribution in [3.8, 4) is 35.3 Å². The average Bonchev–Trinajstić information content (AvgIpc) is 3.39. The van der Waals surface area contributed by atoms with Crippen molar-refractivity contribution in [1.82, 2.24) is 21.3 Å². The minimum Gasteiger partial charge on any atom is -0.493 e. The minimum atomic E-state index is -1.14. The standard InChI is InChI=1S/C28H43N3O13.C17H26N4O7.C3H4/c1-17-26(35)27(36)28(41-4)22(44-17)15-42-16-24(33)30-11-10-29-23(32)8-6-12-43-21-14-19(31(37)38)18(13-20(21)39-2)7-5-9-25(34)40-3;1-26-14-8-12(10-19-11-17(23)27-2)13(21(24)25)9-15(14)28-7-3-4-16(22)20-6-5-18;1-3-2/h13-14,17,22,26-28,35-36H,5-12,15-16H2,1-4H3,(H,29,32)(H,30,33);8-9,19H,3-7,10-11,18H2,1-2H3,(H,20,22);1H,2H3. The number of nitrogens with two attached hydrogens (primary N) is 1. The molecule has 8 N–H and O–H groups in total. The van der Waals surface area contributed by atoms with E-state index in [0.717, 1.165) is 0 Å². The Balaban J connectivity index is 0.000000778. The molecule has 0 bridgehead atoms. The SMILES string of the molecule is C#CC.COC(=O)CCCc1cc(OC)c(OCCCC(=O)NCCNC(=O)COCC2OC(C)C(O)C(O)C2OC)cc1[N+](=O)[O-].COC(=O)CNCc1cc(OC)c(OCCCC(=O)NCCN)cc1[N+](=O)[O-]. The molecule has 2 aromatic rings. The van der Waals surface area contributed by atoms with Crippen molar-refractivity contribution in [3.63, 3.8) is 0 Å². The summed E-state index contributed by atoms with van der Waals surface area (Å²) in [5.41, 5.74) is 5.70. The van der Waals surface area contributed by atoms with Gasteiger partial charge >= 0.3 is 11.9 Å². The van der Waals surface area contributed by atoms with Crippen LogP contribution in [-0.2, 0) is 60.6 Å². The van der Waals surface area contributed by atoms with E-state index in [1.807, 2.05) is 0 Å². The van der Waals surface area contributed by atoms with Crippen molar-refractivity contribution in [2.45, 2.75) is 95.9 Å². The number of esters is 2. The molecule has 3 amide bonds. The number of terminal acetylenes is 1. The van der Waals surface area contributed by atoms with Crippen LogP contribution in [0.3, 0.4) is 0 Å². The third-order valence-electron chi connectivity index (χ3n) is 10.5. The predicted molar refractivity (Wildman–Crippen MR) is 268 cm³/mol. The van der Waals surface area contributed by atoms with Crippen LogP contribution in [0, 0.1) is 32.6 Å².